The molecule has 0 atom stereocenters. The fourth-order valence-corrected chi connectivity index (χ4v) is 2.14. The lowest BCUT2D eigenvalue weighted by molar-refractivity contribution is 0.242. The lowest BCUT2D eigenvalue weighted by atomic mass is 9.99. The first-order valence-electron chi connectivity index (χ1n) is 7.50. The second-order valence-electron chi connectivity index (χ2n) is 5.48. The molecule has 2 amide bonds. The van der Waals surface area contributed by atoms with E-state index in [9.17, 15) is 4.79 Å². The van der Waals surface area contributed by atoms with Gasteiger partial charge in [0.2, 0.25) is 0 Å². The van der Waals surface area contributed by atoms with Crippen LogP contribution in [0.5, 0.6) is 0 Å². The molecule has 0 radical (unpaired) electrons. The molecule has 2 aromatic rings. The Morgan fingerprint density at radius 2 is 1.41 bits per heavy atom. The number of urea groups is 1. The van der Waals surface area contributed by atoms with Crippen LogP contribution in [0.3, 0.4) is 0 Å². The van der Waals surface area contributed by atoms with Crippen LogP contribution >= 0.6 is 0 Å². The predicted octanol–water partition coefficient (Wildman–Crippen LogP) is 4.24. The predicted molar refractivity (Wildman–Crippen MR) is 90.4 cm³/mol. The highest BCUT2D eigenvalue weighted by atomic mass is 16.2. The van der Waals surface area contributed by atoms with Crippen LogP contribution < -0.4 is 10.6 Å². The van der Waals surface area contributed by atoms with Gasteiger partial charge in [0, 0.05) is 6.20 Å². The molecule has 3 heteroatoms. The molecule has 22 heavy (non-hydrogen) atoms. The molecule has 2 rings (SSSR count). The van der Waals surface area contributed by atoms with Gasteiger partial charge in [0.1, 0.15) is 0 Å². The fourth-order valence-electron chi connectivity index (χ4n) is 2.14. The number of benzene rings is 2. The van der Waals surface area contributed by atoms with Crippen molar-refractivity contribution >= 4 is 6.03 Å². The maximum atomic E-state index is 12.1. The highest BCUT2D eigenvalue weighted by molar-refractivity contribution is 5.76. The van der Waals surface area contributed by atoms with E-state index in [2.05, 4.69) is 24.5 Å². The van der Waals surface area contributed by atoms with Crippen LogP contribution in [0.25, 0.3) is 0 Å². The Kier molecular flexibility index (Phi) is 5.78. The molecule has 0 aliphatic heterocycles. The van der Waals surface area contributed by atoms with Crippen LogP contribution in [0.2, 0.25) is 0 Å². The topological polar surface area (TPSA) is 41.1 Å². The molecule has 2 N–H and O–H groups in total. The van der Waals surface area contributed by atoms with Crippen LogP contribution in [0.4, 0.5) is 4.79 Å². The van der Waals surface area contributed by atoms with E-state index in [1.165, 1.54) is 0 Å². The van der Waals surface area contributed by atoms with Gasteiger partial charge in [-0.2, -0.15) is 0 Å². The molecule has 0 aliphatic carbocycles. The van der Waals surface area contributed by atoms with E-state index in [4.69, 9.17) is 0 Å². The summed E-state index contributed by atoms with van der Waals surface area (Å²) in [6.07, 6.45) is 3.63. The van der Waals surface area contributed by atoms with Crippen molar-refractivity contribution in [1.29, 1.82) is 0 Å². The van der Waals surface area contributed by atoms with Crippen LogP contribution in [0, 0.1) is 5.92 Å². The van der Waals surface area contributed by atoms with Gasteiger partial charge in [0.05, 0.1) is 6.04 Å². The lowest BCUT2D eigenvalue weighted by Gasteiger charge is -2.19. The number of nitrogens with one attached hydrogen (secondary N) is 2. The highest BCUT2D eigenvalue weighted by Crippen LogP contribution is 2.21. The number of hydrogen-bond acceptors (Lipinski definition) is 1. The number of amides is 2. The normalized spacial score (nSPS) is 11.1. The summed E-state index contributed by atoms with van der Waals surface area (Å²) < 4.78 is 0. The van der Waals surface area contributed by atoms with E-state index in [1.807, 2.05) is 66.7 Å². The summed E-state index contributed by atoms with van der Waals surface area (Å²) in [6.45, 7) is 4.12. The van der Waals surface area contributed by atoms with Crippen LogP contribution in [-0.2, 0) is 0 Å². The fraction of sp³-hybridized carbons (Fsp3) is 0.211. The largest absolute Gasteiger partial charge is 0.327 e. The summed E-state index contributed by atoms with van der Waals surface area (Å²) in [4.78, 5) is 12.1. The Labute approximate surface area is 132 Å². The summed E-state index contributed by atoms with van der Waals surface area (Å²) in [6, 6.07) is 19.5. The van der Waals surface area contributed by atoms with Gasteiger partial charge in [0.15, 0.2) is 0 Å². The standard InChI is InChI=1S/C19H22N2O/c1-15(2)13-14-20-19(22)21-18(16-9-5-3-6-10-16)17-11-7-4-8-12-17/h3-15,18H,1-2H3,(H2,20,21,22)/b14-13+. The van der Waals surface area contributed by atoms with Crippen LogP contribution in [0.1, 0.15) is 31.0 Å². The SMILES string of the molecule is CC(C)/C=C/NC(=O)NC(c1ccccc1)c1ccccc1. The van der Waals surface area contributed by atoms with Crippen molar-refractivity contribution in [3.05, 3.63) is 84.1 Å². The monoisotopic (exact) mass is 294 g/mol. The summed E-state index contributed by atoms with van der Waals surface area (Å²) in [5.74, 6) is 0.402. The first-order valence-corrected chi connectivity index (χ1v) is 7.50. The lowest BCUT2D eigenvalue weighted by Crippen LogP contribution is -2.35. The molecule has 0 unspecified atom stereocenters. The van der Waals surface area contributed by atoms with Crippen LogP contribution in [-0.4, -0.2) is 6.03 Å². The van der Waals surface area contributed by atoms with Gasteiger partial charge in [0.25, 0.3) is 0 Å². The Hall–Kier alpha value is -2.55. The van der Waals surface area contributed by atoms with Gasteiger partial charge in [-0.1, -0.05) is 80.6 Å². The zero-order valence-corrected chi connectivity index (χ0v) is 13.0. The molecule has 0 saturated carbocycles. The molecule has 0 fully saturated rings. The van der Waals surface area contributed by atoms with Crippen molar-refractivity contribution in [2.75, 3.05) is 0 Å². The van der Waals surface area contributed by atoms with E-state index >= 15 is 0 Å². The second-order valence-corrected chi connectivity index (χ2v) is 5.48. The number of allylic oxidation sites excluding steroid dienone is 1. The third-order valence-corrected chi connectivity index (χ3v) is 3.24. The Balaban J connectivity index is 2.14. The van der Waals surface area contributed by atoms with E-state index in [-0.39, 0.29) is 12.1 Å². The number of carbonyl (C=O) groups is 1. The minimum atomic E-state index is -0.213. The summed E-state index contributed by atoms with van der Waals surface area (Å²) >= 11 is 0. The molecule has 0 bridgehead atoms. The summed E-state index contributed by atoms with van der Waals surface area (Å²) in [5.41, 5.74) is 2.10. The third kappa shape index (κ3) is 4.77. The Morgan fingerprint density at radius 3 is 1.86 bits per heavy atom. The van der Waals surface area contributed by atoms with Crippen molar-refractivity contribution in [3.63, 3.8) is 0 Å². The van der Waals surface area contributed by atoms with Gasteiger partial charge in [-0.25, -0.2) is 4.79 Å². The summed E-state index contributed by atoms with van der Waals surface area (Å²) in [7, 11) is 0. The van der Waals surface area contributed by atoms with Gasteiger partial charge < -0.3 is 10.6 Å². The van der Waals surface area contributed by atoms with Crippen molar-refractivity contribution in [3.8, 4) is 0 Å². The molecule has 3 nitrogen and oxygen atoms in total. The quantitative estimate of drug-likeness (QED) is 0.850. The van der Waals surface area contributed by atoms with Gasteiger partial charge in [-0.15, -0.1) is 0 Å². The zero-order chi connectivity index (χ0) is 15.8. The van der Waals surface area contributed by atoms with Crippen molar-refractivity contribution in [2.45, 2.75) is 19.9 Å². The molecular formula is C19H22N2O. The Morgan fingerprint density at radius 1 is 0.909 bits per heavy atom. The minimum absolute atomic E-state index is 0.171. The molecule has 0 saturated heterocycles. The third-order valence-electron chi connectivity index (χ3n) is 3.24. The molecule has 0 aliphatic rings. The van der Waals surface area contributed by atoms with Gasteiger partial charge in [-0.05, 0) is 17.0 Å². The number of hydrogen-bond donors (Lipinski definition) is 2. The van der Waals surface area contributed by atoms with Crippen molar-refractivity contribution < 1.29 is 4.79 Å². The highest BCUT2D eigenvalue weighted by Gasteiger charge is 2.15. The number of rotatable bonds is 5. The Bertz CT molecular complexity index is 566. The molecule has 114 valence electrons. The first-order chi connectivity index (χ1) is 10.7. The zero-order valence-electron chi connectivity index (χ0n) is 13.0. The molecule has 0 spiro atoms. The smallest absolute Gasteiger partial charge is 0.319 e. The molecule has 2 aromatic carbocycles. The van der Waals surface area contributed by atoms with E-state index < -0.39 is 0 Å². The van der Waals surface area contributed by atoms with Gasteiger partial charge in [-0.3, -0.25) is 0 Å². The molecule has 0 heterocycles. The maximum absolute atomic E-state index is 12.1. The first kappa shape index (κ1) is 15.8. The van der Waals surface area contributed by atoms with Crippen molar-refractivity contribution in [2.24, 2.45) is 5.92 Å². The van der Waals surface area contributed by atoms with Gasteiger partial charge >= 0.3 is 6.03 Å². The number of carbonyl (C=O) groups excluding carboxylic acids is 1. The van der Waals surface area contributed by atoms with E-state index in [1.54, 1.807) is 6.20 Å². The second kappa shape index (κ2) is 8.03. The van der Waals surface area contributed by atoms with Crippen molar-refractivity contribution in [1.82, 2.24) is 10.6 Å². The molecule has 0 aromatic heterocycles. The van der Waals surface area contributed by atoms with Crippen LogP contribution in [0.15, 0.2) is 72.9 Å². The molecular weight excluding hydrogens is 272 g/mol. The maximum Gasteiger partial charge on any atom is 0.319 e. The van der Waals surface area contributed by atoms with E-state index in [0.717, 1.165) is 11.1 Å². The van der Waals surface area contributed by atoms with E-state index in [0.29, 0.717) is 5.92 Å². The average molecular weight is 294 g/mol. The minimum Gasteiger partial charge on any atom is -0.327 e. The summed E-state index contributed by atoms with van der Waals surface area (Å²) in [5, 5.41) is 5.78. The average Bonchev–Trinajstić information content (AvgIpc) is 2.54.